The van der Waals surface area contributed by atoms with Crippen molar-refractivity contribution >= 4 is 11.0 Å². The van der Waals surface area contributed by atoms with E-state index < -0.39 is 5.92 Å². The number of ether oxygens (including phenoxy) is 1. The molecule has 1 fully saturated rings. The molecule has 0 bridgehead atoms. The third-order valence-electron chi connectivity index (χ3n) is 7.07. The molecule has 0 aliphatic heterocycles. The minimum atomic E-state index is -2.53. The van der Waals surface area contributed by atoms with Gasteiger partial charge in [0.1, 0.15) is 5.76 Å². The predicted octanol–water partition coefficient (Wildman–Crippen LogP) is 7.34. The van der Waals surface area contributed by atoms with E-state index in [2.05, 4.69) is 46.3 Å². The lowest BCUT2D eigenvalue weighted by molar-refractivity contribution is -0.0472. The van der Waals surface area contributed by atoms with Crippen LogP contribution in [0.15, 0.2) is 47.2 Å². The van der Waals surface area contributed by atoms with Crippen LogP contribution in [0.3, 0.4) is 0 Å². The Hall–Kier alpha value is -3.06. The molecule has 5 rings (SSSR count). The van der Waals surface area contributed by atoms with Crippen molar-refractivity contribution in [2.45, 2.75) is 65.5 Å². The summed E-state index contributed by atoms with van der Waals surface area (Å²) < 4.78 is 40.6. The summed E-state index contributed by atoms with van der Waals surface area (Å²) >= 11 is 0. The van der Waals surface area contributed by atoms with Crippen molar-refractivity contribution in [1.82, 2.24) is 14.7 Å². The Morgan fingerprint density at radius 3 is 2.51 bits per heavy atom. The van der Waals surface area contributed by atoms with Crippen molar-refractivity contribution in [2.24, 2.45) is 5.92 Å². The highest BCUT2D eigenvalue weighted by atomic mass is 19.3. The number of pyridine rings is 1. The standard InChI is InChI=1S/C28H31F2N3O2/c1-4-34-17-21-5-7-22(8-6-21)24-16-33(15-20-9-11-28(29,30)12-10-20)25-13-23(14-31-27(24)25)26-18(2)32-35-19(26)3/h5-8,13-14,16,20H,4,9-12,15,17H2,1-3H3. The van der Waals surface area contributed by atoms with Crippen molar-refractivity contribution in [3.05, 3.63) is 59.7 Å². The zero-order valence-corrected chi connectivity index (χ0v) is 20.5. The van der Waals surface area contributed by atoms with E-state index in [1.807, 2.05) is 27.0 Å². The molecule has 184 valence electrons. The number of alkyl halides is 2. The highest BCUT2D eigenvalue weighted by Gasteiger charge is 2.35. The van der Waals surface area contributed by atoms with E-state index in [0.717, 1.165) is 50.3 Å². The van der Waals surface area contributed by atoms with Gasteiger partial charge in [-0.2, -0.15) is 0 Å². The van der Waals surface area contributed by atoms with Crippen molar-refractivity contribution in [3.63, 3.8) is 0 Å². The summed E-state index contributed by atoms with van der Waals surface area (Å²) in [6.45, 7) is 7.77. The normalized spacial score (nSPS) is 16.3. The smallest absolute Gasteiger partial charge is 0.248 e. The zero-order valence-electron chi connectivity index (χ0n) is 20.5. The van der Waals surface area contributed by atoms with Gasteiger partial charge in [0, 0.05) is 55.1 Å². The minimum absolute atomic E-state index is 0.0341. The molecule has 1 aromatic carbocycles. The second-order valence-corrected chi connectivity index (χ2v) is 9.62. The second-order valence-electron chi connectivity index (χ2n) is 9.62. The maximum atomic E-state index is 13.8. The summed E-state index contributed by atoms with van der Waals surface area (Å²) in [6, 6.07) is 10.5. The average Bonchev–Trinajstić information content (AvgIpc) is 3.38. The third kappa shape index (κ3) is 4.87. The number of halogens is 2. The molecule has 35 heavy (non-hydrogen) atoms. The number of fused-ring (bicyclic) bond motifs is 1. The van der Waals surface area contributed by atoms with Gasteiger partial charge >= 0.3 is 0 Å². The Labute approximate surface area is 204 Å². The predicted molar refractivity (Wildman–Crippen MR) is 132 cm³/mol. The van der Waals surface area contributed by atoms with Crippen LogP contribution < -0.4 is 0 Å². The number of aromatic nitrogens is 3. The fourth-order valence-electron chi connectivity index (χ4n) is 5.12. The van der Waals surface area contributed by atoms with E-state index in [-0.39, 0.29) is 18.8 Å². The van der Waals surface area contributed by atoms with E-state index in [4.69, 9.17) is 14.2 Å². The summed E-state index contributed by atoms with van der Waals surface area (Å²) in [4.78, 5) is 4.87. The largest absolute Gasteiger partial charge is 0.377 e. The highest BCUT2D eigenvalue weighted by Crippen LogP contribution is 2.39. The van der Waals surface area contributed by atoms with Crippen LogP contribution >= 0.6 is 0 Å². The van der Waals surface area contributed by atoms with E-state index in [9.17, 15) is 8.78 Å². The van der Waals surface area contributed by atoms with Gasteiger partial charge in [-0.3, -0.25) is 4.98 Å². The summed E-state index contributed by atoms with van der Waals surface area (Å²) in [5, 5.41) is 4.09. The molecule has 1 aliphatic rings. The second kappa shape index (κ2) is 9.53. The first-order chi connectivity index (χ1) is 16.8. The van der Waals surface area contributed by atoms with Gasteiger partial charge in [0.15, 0.2) is 0 Å². The van der Waals surface area contributed by atoms with Crippen LogP contribution in [0.1, 0.15) is 49.6 Å². The van der Waals surface area contributed by atoms with Crippen molar-refractivity contribution in [1.29, 1.82) is 0 Å². The van der Waals surface area contributed by atoms with Crippen LogP contribution in [0.5, 0.6) is 0 Å². The molecule has 0 N–H and O–H groups in total. The Morgan fingerprint density at radius 2 is 1.86 bits per heavy atom. The fraction of sp³-hybridized carbons (Fsp3) is 0.429. The Morgan fingerprint density at radius 1 is 1.11 bits per heavy atom. The lowest BCUT2D eigenvalue weighted by Gasteiger charge is -2.28. The molecule has 3 heterocycles. The molecule has 4 aromatic rings. The average molecular weight is 480 g/mol. The van der Waals surface area contributed by atoms with Crippen LogP contribution in [-0.2, 0) is 17.9 Å². The molecule has 0 radical (unpaired) electrons. The number of hydrogen-bond donors (Lipinski definition) is 0. The van der Waals surface area contributed by atoms with E-state index in [1.54, 1.807) is 0 Å². The molecule has 5 nitrogen and oxygen atoms in total. The van der Waals surface area contributed by atoms with Gasteiger partial charge in [0.25, 0.3) is 0 Å². The molecule has 0 spiro atoms. The first-order valence-electron chi connectivity index (χ1n) is 12.3. The summed E-state index contributed by atoms with van der Waals surface area (Å²) in [7, 11) is 0. The molecule has 3 aromatic heterocycles. The molecule has 0 atom stereocenters. The number of rotatable bonds is 7. The lowest BCUT2D eigenvalue weighted by atomic mass is 9.87. The molecule has 7 heteroatoms. The molecule has 1 saturated carbocycles. The van der Waals surface area contributed by atoms with Gasteiger partial charge < -0.3 is 13.8 Å². The number of benzene rings is 1. The number of hydrogen-bond acceptors (Lipinski definition) is 4. The Kier molecular flexibility index (Phi) is 6.45. The van der Waals surface area contributed by atoms with Crippen molar-refractivity contribution < 1.29 is 18.0 Å². The van der Waals surface area contributed by atoms with E-state index >= 15 is 0 Å². The summed E-state index contributed by atoms with van der Waals surface area (Å²) in [5.41, 5.74) is 7.84. The van der Waals surface area contributed by atoms with Crippen LogP contribution in [-0.4, -0.2) is 27.2 Å². The molecule has 0 unspecified atom stereocenters. The Balaban J connectivity index is 1.55. The van der Waals surface area contributed by atoms with Crippen molar-refractivity contribution in [2.75, 3.05) is 6.61 Å². The summed E-state index contributed by atoms with van der Waals surface area (Å²) in [5.74, 6) is -1.56. The van der Waals surface area contributed by atoms with Gasteiger partial charge in [0.2, 0.25) is 5.92 Å². The first kappa shape index (κ1) is 23.7. The van der Waals surface area contributed by atoms with E-state index in [0.29, 0.717) is 32.6 Å². The third-order valence-corrected chi connectivity index (χ3v) is 7.07. The van der Waals surface area contributed by atoms with Gasteiger partial charge in [-0.25, -0.2) is 8.78 Å². The SMILES string of the molecule is CCOCc1ccc(-c2cn(CC3CCC(F)(F)CC3)c3cc(-c4c(C)noc4C)cnc23)cc1. The maximum absolute atomic E-state index is 13.8. The Bertz CT molecular complexity index is 1290. The van der Waals surface area contributed by atoms with E-state index in [1.165, 1.54) is 0 Å². The fourth-order valence-corrected chi connectivity index (χ4v) is 5.12. The number of aryl methyl sites for hydroxylation is 2. The maximum Gasteiger partial charge on any atom is 0.248 e. The van der Waals surface area contributed by atoms with Crippen LogP contribution in [0, 0.1) is 19.8 Å². The van der Waals surface area contributed by atoms with Gasteiger partial charge in [-0.15, -0.1) is 0 Å². The first-order valence-corrected chi connectivity index (χ1v) is 12.3. The molecular weight excluding hydrogens is 448 g/mol. The van der Waals surface area contributed by atoms with Crippen LogP contribution in [0.25, 0.3) is 33.3 Å². The minimum Gasteiger partial charge on any atom is -0.377 e. The lowest BCUT2D eigenvalue weighted by Crippen LogP contribution is -2.26. The molecule has 1 aliphatic carbocycles. The van der Waals surface area contributed by atoms with Crippen LogP contribution in [0.4, 0.5) is 8.78 Å². The highest BCUT2D eigenvalue weighted by molar-refractivity contribution is 5.95. The van der Waals surface area contributed by atoms with Gasteiger partial charge in [-0.05, 0) is 56.7 Å². The zero-order chi connectivity index (χ0) is 24.6. The molecule has 0 amide bonds. The van der Waals surface area contributed by atoms with Crippen molar-refractivity contribution in [3.8, 4) is 22.3 Å². The van der Waals surface area contributed by atoms with Gasteiger partial charge in [0.05, 0.1) is 23.3 Å². The topological polar surface area (TPSA) is 53.1 Å². The number of nitrogens with zero attached hydrogens (tertiary/aromatic N) is 3. The monoisotopic (exact) mass is 479 g/mol. The summed E-state index contributed by atoms with van der Waals surface area (Å²) in [6.07, 6.45) is 4.99. The molecular formula is C28H31F2N3O2. The molecule has 0 saturated heterocycles. The van der Waals surface area contributed by atoms with Gasteiger partial charge in [-0.1, -0.05) is 29.4 Å². The van der Waals surface area contributed by atoms with Crippen LogP contribution in [0.2, 0.25) is 0 Å². The quantitative estimate of drug-likeness (QED) is 0.278.